The van der Waals surface area contributed by atoms with Gasteiger partial charge in [0.05, 0.1) is 10.9 Å². The molecule has 1 aliphatic heterocycles. The summed E-state index contributed by atoms with van der Waals surface area (Å²) in [6.07, 6.45) is 2.26. The van der Waals surface area contributed by atoms with Crippen LogP contribution in [-0.2, 0) is 16.1 Å². The highest BCUT2D eigenvalue weighted by atomic mass is 16.5. The predicted octanol–water partition coefficient (Wildman–Crippen LogP) is 3.42. The van der Waals surface area contributed by atoms with Gasteiger partial charge in [0.1, 0.15) is 6.10 Å². The van der Waals surface area contributed by atoms with Crippen LogP contribution in [0.5, 0.6) is 0 Å². The van der Waals surface area contributed by atoms with E-state index in [1.165, 1.54) is 5.56 Å². The highest BCUT2D eigenvalue weighted by molar-refractivity contribution is 6.03. The number of ether oxygens (including phenoxy) is 1. The lowest BCUT2D eigenvalue weighted by Crippen LogP contribution is -2.27. The molecule has 1 aliphatic rings. The summed E-state index contributed by atoms with van der Waals surface area (Å²) in [5.41, 5.74) is 2.93. The van der Waals surface area contributed by atoms with Crippen molar-refractivity contribution >= 4 is 33.7 Å². The SMILES string of the molecule is CCCn1nc(NC(=O)[C@@H]2CCCO2)c2cc3ccc(C)cc3nc21. The maximum absolute atomic E-state index is 12.4. The first kappa shape index (κ1) is 16.0. The Morgan fingerprint density at radius 2 is 2.28 bits per heavy atom. The van der Waals surface area contributed by atoms with Gasteiger partial charge in [-0.2, -0.15) is 5.10 Å². The third-order valence-electron chi connectivity index (χ3n) is 4.57. The third kappa shape index (κ3) is 2.98. The van der Waals surface area contributed by atoms with Crippen LogP contribution >= 0.6 is 0 Å². The molecule has 130 valence electrons. The van der Waals surface area contributed by atoms with Crippen LogP contribution in [0.4, 0.5) is 5.82 Å². The molecular weight excluding hydrogens is 316 g/mol. The summed E-state index contributed by atoms with van der Waals surface area (Å²) in [5.74, 6) is 0.448. The summed E-state index contributed by atoms with van der Waals surface area (Å²) in [7, 11) is 0. The van der Waals surface area contributed by atoms with Gasteiger partial charge in [0.15, 0.2) is 11.5 Å². The molecule has 1 N–H and O–H groups in total. The van der Waals surface area contributed by atoms with Crippen LogP contribution in [0.25, 0.3) is 21.9 Å². The molecule has 0 saturated carbocycles. The van der Waals surface area contributed by atoms with E-state index in [0.717, 1.165) is 47.7 Å². The van der Waals surface area contributed by atoms with Crippen LogP contribution in [0, 0.1) is 6.92 Å². The van der Waals surface area contributed by atoms with Crippen LogP contribution in [0.2, 0.25) is 0 Å². The Morgan fingerprint density at radius 1 is 1.40 bits per heavy atom. The topological polar surface area (TPSA) is 69.0 Å². The fourth-order valence-corrected chi connectivity index (χ4v) is 3.30. The summed E-state index contributed by atoms with van der Waals surface area (Å²) in [5, 5.41) is 9.46. The normalized spacial score (nSPS) is 17.4. The van der Waals surface area contributed by atoms with Crippen LogP contribution in [0.3, 0.4) is 0 Å². The average molecular weight is 338 g/mol. The van der Waals surface area contributed by atoms with Crippen molar-refractivity contribution in [2.45, 2.75) is 45.8 Å². The van der Waals surface area contributed by atoms with Crippen molar-refractivity contribution in [2.24, 2.45) is 0 Å². The van der Waals surface area contributed by atoms with E-state index in [-0.39, 0.29) is 12.0 Å². The van der Waals surface area contributed by atoms with Gasteiger partial charge in [-0.25, -0.2) is 9.67 Å². The minimum atomic E-state index is -0.373. The van der Waals surface area contributed by atoms with E-state index in [9.17, 15) is 4.79 Å². The smallest absolute Gasteiger partial charge is 0.254 e. The van der Waals surface area contributed by atoms with E-state index in [4.69, 9.17) is 9.72 Å². The molecule has 0 aliphatic carbocycles. The van der Waals surface area contributed by atoms with Crippen molar-refractivity contribution in [3.63, 3.8) is 0 Å². The van der Waals surface area contributed by atoms with Crippen LogP contribution in [0.15, 0.2) is 24.3 Å². The van der Waals surface area contributed by atoms with E-state index in [0.29, 0.717) is 12.4 Å². The zero-order valence-electron chi connectivity index (χ0n) is 14.6. The lowest BCUT2D eigenvalue weighted by Gasteiger charge is -2.08. The van der Waals surface area contributed by atoms with Gasteiger partial charge in [-0.15, -0.1) is 0 Å². The predicted molar refractivity (Wildman–Crippen MR) is 97.7 cm³/mol. The Labute approximate surface area is 146 Å². The number of nitrogens with one attached hydrogen (secondary N) is 1. The molecule has 25 heavy (non-hydrogen) atoms. The van der Waals surface area contributed by atoms with Gasteiger partial charge in [-0.05, 0) is 43.9 Å². The minimum absolute atomic E-state index is 0.121. The number of aromatic nitrogens is 3. The van der Waals surface area contributed by atoms with Crippen molar-refractivity contribution in [3.05, 3.63) is 29.8 Å². The zero-order valence-corrected chi connectivity index (χ0v) is 14.6. The quantitative estimate of drug-likeness (QED) is 0.791. The summed E-state index contributed by atoms with van der Waals surface area (Å²) >= 11 is 0. The van der Waals surface area contributed by atoms with E-state index < -0.39 is 0 Å². The Bertz CT molecular complexity index is 941. The molecule has 0 spiro atoms. The molecule has 0 radical (unpaired) electrons. The van der Waals surface area contributed by atoms with Gasteiger partial charge in [-0.3, -0.25) is 4.79 Å². The number of benzene rings is 1. The molecule has 1 atom stereocenters. The molecule has 1 amide bonds. The molecular formula is C19H22N4O2. The number of carbonyl (C=O) groups excluding carboxylic acids is 1. The number of amides is 1. The summed E-state index contributed by atoms with van der Waals surface area (Å²) in [4.78, 5) is 17.2. The number of hydrogen-bond donors (Lipinski definition) is 1. The molecule has 6 nitrogen and oxygen atoms in total. The van der Waals surface area contributed by atoms with Crippen molar-refractivity contribution < 1.29 is 9.53 Å². The van der Waals surface area contributed by atoms with Crippen LogP contribution in [0.1, 0.15) is 31.7 Å². The number of nitrogens with zero attached hydrogens (tertiary/aromatic N) is 3. The highest BCUT2D eigenvalue weighted by Gasteiger charge is 2.25. The number of carbonyl (C=O) groups is 1. The van der Waals surface area contributed by atoms with Crippen molar-refractivity contribution in [1.29, 1.82) is 0 Å². The van der Waals surface area contributed by atoms with Gasteiger partial charge in [-0.1, -0.05) is 19.1 Å². The van der Waals surface area contributed by atoms with E-state index >= 15 is 0 Å². The first-order valence-corrected chi connectivity index (χ1v) is 8.86. The van der Waals surface area contributed by atoms with Gasteiger partial charge in [0, 0.05) is 18.5 Å². The fraction of sp³-hybridized carbons (Fsp3) is 0.421. The molecule has 3 aromatic rings. The largest absolute Gasteiger partial charge is 0.368 e. The first-order chi connectivity index (χ1) is 12.2. The molecule has 2 aromatic heterocycles. The molecule has 6 heteroatoms. The minimum Gasteiger partial charge on any atom is -0.368 e. The lowest BCUT2D eigenvalue weighted by molar-refractivity contribution is -0.124. The van der Waals surface area contributed by atoms with Gasteiger partial charge >= 0.3 is 0 Å². The number of fused-ring (bicyclic) bond motifs is 2. The van der Waals surface area contributed by atoms with Crippen molar-refractivity contribution in [2.75, 3.05) is 11.9 Å². The van der Waals surface area contributed by atoms with Crippen LogP contribution in [-0.4, -0.2) is 33.4 Å². The number of anilines is 1. The van der Waals surface area contributed by atoms with Gasteiger partial charge < -0.3 is 10.1 Å². The first-order valence-electron chi connectivity index (χ1n) is 8.86. The monoisotopic (exact) mass is 338 g/mol. The Morgan fingerprint density at radius 3 is 3.04 bits per heavy atom. The van der Waals surface area contributed by atoms with Crippen molar-refractivity contribution in [3.8, 4) is 0 Å². The second-order valence-corrected chi connectivity index (χ2v) is 6.62. The summed E-state index contributed by atoms with van der Waals surface area (Å²) in [6, 6.07) is 8.25. The molecule has 1 fully saturated rings. The second-order valence-electron chi connectivity index (χ2n) is 6.62. The molecule has 4 rings (SSSR count). The standard InChI is InChI=1S/C19H22N4O2/c1-3-8-23-18-14(11-13-7-6-12(2)10-15(13)20-18)17(22-23)21-19(24)16-5-4-9-25-16/h6-7,10-11,16H,3-5,8-9H2,1-2H3,(H,21,22,24)/t16-/m0/s1. The maximum Gasteiger partial charge on any atom is 0.254 e. The summed E-state index contributed by atoms with van der Waals surface area (Å²) < 4.78 is 7.35. The average Bonchev–Trinajstić information content (AvgIpc) is 3.23. The number of hydrogen-bond acceptors (Lipinski definition) is 4. The molecule has 3 heterocycles. The van der Waals surface area contributed by atoms with Gasteiger partial charge in [0.25, 0.3) is 5.91 Å². The number of rotatable bonds is 4. The summed E-state index contributed by atoms with van der Waals surface area (Å²) in [6.45, 7) is 5.57. The maximum atomic E-state index is 12.4. The zero-order chi connectivity index (χ0) is 17.4. The Balaban J connectivity index is 1.79. The highest BCUT2D eigenvalue weighted by Crippen LogP contribution is 2.27. The fourth-order valence-electron chi connectivity index (χ4n) is 3.30. The molecule has 1 saturated heterocycles. The van der Waals surface area contributed by atoms with E-state index in [2.05, 4.69) is 48.5 Å². The molecule has 1 aromatic carbocycles. The van der Waals surface area contributed by atoms with Gasteiger partial charge in [0.2, 0.25) is 0 Å². The van der Waals surface area contributed by atoms with Crippen molar-refractivity contribution in [1.82, 2.24) is 14.8 Å². The van der Waals surface area contributed by atoms with E-state index in [1.54, 1.807) is 0 Å². The number of aryl methyl sites for hydroxylation is 2. The Kier molecular flexibility index (Phi) is 4.13. The van der Waals surface area contributed by atoms with Crippen LogP contribution < -0.4 is 5.32 Å². The second kappa shape index (κ2) is 6.44. The molecule has 0 unspecified atom stereocenters. The Hall–Kier alpha value is -2.47. The molecule has 0 bridgehead atoms. The number of pyridine rings is 1. The third-order valence-corrected chi connectivity index (χ3v) is 4.57. The lowest BCUT2D eigenvalue weighted by atomic mass is 10.1. The van der Waals surface area contributed by atoms with E-state index in [1.807, 2.05) is 4.68 Å².